The second kappa shape index (κ2) is 6.23. The molecule has 1 fully saturated rings. The molecule has 4 heteroatoms. The van der Waals surface area contributed by atoms with Gasteiger partial charge in [0.1, 0.15) is 0 Å². The first-order chi connectivity index (χ1) is 5.90. The second-order valence-corrected chi connectivity index (χ2v) is 3.41. The molecule has 0 saturated heterocycles. The van der Waals surface area contributed by atoms with Crippen molar-refractivity contribution in [3.8, 4) is 0 Å². The zero-order chi connectivity index (χ0) is 8.39. The fourth-order valence-electron chi connectivity index (χ4n) is 1.60. The molecule has 2 N–H and O–H groups in total. The molecule has 1 heterocycles. The molecule has 0 amide bonds. The summed E-state index contributed by atoms with van der Waals surface area (Å²) in [6.07, 6.45) is 5.93. The summed E-state index contributed by atoms with van der Waals surface area (Å²) >= 11 is 0. The first kappa shape index (κ1) is 13.7. The molecule has 1 aliphatic carbocycles. The lowest BCUT2D eigenvalue weighted by atomic mass is 9.80. The number of pyridine rings is 1. The fourth-order valence-corrected chi connectivity index (χ4v) is 1.60. The molecule has 0 aromatic carbocycles. The van der Waals surface area contributed by atoms with E-state index < -0.39 is 0 Å². The van der Waals surface area contributed by atoms with Crippen molar-refractivity contribution in [2.24, 2.45) is 5.73 Å². The van der Waals surface area contributed by atoms with Gasteiger partial charge in [0.05, 0.1) is 5.69 Å². The Labute approximate surface area is 97.1 Å². The average molecular weight is 235 g/mol. The summed E-state index contributed by atoms with van der Waals surface area (Å²) in [4.78, 5) is 4.17. The lowest BCUT2D eigenvalue weighted by molar-refractivity contribution is 0.419. The molecule has 0 atom stereocenters. The van der Waals surface area contributed by atoms with Crippen molar-refractivity contribution >= 4 is 24.8 Å². The highest BCUT2D eigenvalue weighted by Crippen LogP contribution is 2.36. The number of aromatic nitrogens is 1. The molecular weight excluding hydrogens is 219 g/mol. The minimum atomic E-state index is 0. The van der Waals surface area contributed by atoms with Crippen molar-refractivity contribution < 1.29 is 0 Å². The molecule has 0 unspecified atom stereocenters. The van der Waals surface area contributed by atoms with E-state index in [-0.39, 0.29) is 24.8 Å². The minimum absolute atomic E-state index is 0. The first-order valence-electron chi connectivity index (χ1n) is 4.55. The summed E-state index contributed by atoms with van der Waals surface area (Å²) in [7, 11) is 0. The number of rotatable bonds is 2. The zero-order valence-corrected chi connectivity index (χ0v) is 9.61. The highest BCUT2D eigenvalue weighted by molar-refractivity contribution is 5.85. The zero-order valence-electron chi connectivity index (χ0n) is 7.98. The van der Waals surface area contributed by atoms with E-state index in [0.29, 0.717) is 6.54 Å². The van der Waals surface area contributed by atoms with Crippen LogP contribution < -0.4 is 5.73 Å². The van der Waals surface area contributed by atoms with Crippen LogP contribution in [-0.4, -0.2) is 4.98 Å². The summed E-state index contributed by atoms with van der Waals surface area (Å²) in [6.45, 7) is 0.556. The molecule has 14 heavy (non-hydrogen) atoms. The van der Waals surface area contributed by atoms with E-state index in [0.717, 1.165) is 11.6 Å². The van der Waals surface area contributed by atoms with Crippen LogP contribution in [-0.2, 0) is 6.54 Å². The molecule has 0 spiro atoms. The van der Waals surface area contributed by atoms with Gasteiger partial charge >= 0.3 is 0 Å². The molecule has 0 aliphatic heterocycles. The Balaban J connectivity index is 0.000000845. The SMILES string of the molecule is Cl.Cl.NCc1cc(C2CCC2)ccn1. The van der Waals surface area contributed by atoms with Crippen LogP contribution in [0.25, 0.3) is 0 Å². The third-order valence-corrected chi connectivity index (χ3v) is 2.63. The number of hydrogen-bond donors (Lipinski definition) is 1. The van der Waals surface area contributed by atoms with Gasteiger partial charge in [-0.3, -0.25) is 4.98 Å². The van der Waals surface area contributed by atoms with Crippen molar-refractivity contribution in [1.29, 1.82) is 0 Å². The monoisotopic (exact) mass is 234 g/mol. The minimum Gasteiger partial charge on any atom is -0.325 e. The summed E-state index contributed by atoms with van der Waals surface area (Å²) in [5, 5.41) is 0. The molecule has 1 aliphatic rings. The van der Waals surface area contributed by atoms with E-state index in [1.807, 2.05) is 6.20 Å². The predicted molar refractivity (Wildman–Crippen MR) is 63.2 cm³/mol. The smallest absolute Gasteiger partial charge is 0.0542 e. The van der Waals surface area contributed by atoms with Gasteiger partial charge in [-0.15, -0.1) is 24.8 Å². The van der Waals surface area contributed by atoms with Crippen LogP contribution in [0.5, 0.6) is 0 Å². The molecule has 0 bridgehead atoms. The molecule has 1 aromatic heterocycles. The highest BCUT2D eigenvalue weighted by atomic mass is 35.5. The van der Waals surface area contributed by atoms with Crippen LogP contribution in [0.1, 0.15) is 36.4 Å². The summed E-state index contributed by atoms with van der Waals surface area (Å²) in [5.74, 6) is 0.790. The molecule has 1 saturated carbocycles. The third-order valence-electron chi connectivity index (χ3n) is 2.63. The van der Waals surface area contributed by atoms with Crippen molar-refractivity contribution in [3.05, 3.63) is 29.6 Å². The summed E-state index contributed by atoms with van der Waals surface area (Å²) in [6, 6.07) is 4.26. The standard InChI is InChI=1S/C10H14N2.2ClH/c11-7-10-6-9(4-5-12-10)8-2-1-3-8;;/h4-6,8H,1-3,7,11H2;2*1H. The number of halogens is 2. The summed E-state index contributed by atoms with van der Waals surface area (Å²) < 4.78 is 0. The van der Waals surface area contributed by atoms with Gasteiger partial charge in [0.2, 0.25) is 0 Å². The molecule has 0 radical (unpaired) electrons. The average Bonchev–Trinajstić information content (AvgIpc) is 2.02. The van der Waals surface area contributed by atoms with Crippen LogP contribution in [0, 0.1) is 0 Å². The molecular formula is C10H16Cl2N2. The van der Waals surface area contributed by atoms with Crippen LogP contribution in [0.15, 0.2) is 18.3 Å². The number of hydrogen-bond acceptors (Lipinski definition) is 2. The van der Waals surface area contributed by atoms with E-state index in [2.05, 4.69) is 17.1 Å². The van der Waals surface area contributed by atoms with Crippen LogP contribution >= 0.6 is 24.8 Å². The van der Waals surface area contributed by atoms with Gasteiger partial charge in [-0.25, -0.2) is 0 Å². The number of nitrogens with zero attached hydrogens (tertiary/aromatic N) is 1. The fraction of sp³-hybridized carbons (Fsp3) is 0.500. The van der Waals surface area contributed by atoms with Gasteiger partial charge in [0, 0.05) is 12.7 Å². The summed E-state index contributed by atoms with van der Waals surface area (Å²) in [5.41, 5.74) is 7.96. The first-order valence-corrected chi connectivity index (χ1v) is 4.55. The van der Waals surface area contributed by atoms with E-state index in [1.165, 1.54) is 24.8 Å². The van der Waals surface area contributed by atoms with E-state index in [1.54, 1.807) is 0 Å². The molecule has 2 rings (SSSR count). The van der Waals surface area contributed by atoms with Gasteiger partial charge in [0.25, 0.3) is 0 Å². The second-order valence-electron chi connectivity index (χ2n) is 3.41. The Kier molecular flexibility index (Phi) is 6.09. The Hall–Kier alpha value is -0.310. The maximum Gasteiger partial charge on any atom is 0.0542 e. The Bertz CT molecular complexity index is 275. The van der Waals surface area contributed by atoms with Crippen molar-refractivity contribution in [2.75, 3.05) is 0 Å². The Morgan fingerprint density at radius 1 is 1.36 bits per heavy atom. The molecule has 2 nitrogen and oxygen atoms in total. The quantitative estimate of drug-likeness (QED) is 0.855. The topological polar surface area (TPSA) is 38.9 Å². The maximum absolute atomic E-state index is 5.52. The number of nitrogens with two attached hydrogens (primary N) is 1. The van der Waals surface area contributed by atoms with Gasteiger partial charge in [-0.05, 0) is 36.5 Å². The normalized spacial score (nSPS) is 14.9. The van der Waals surface area contributed by atoms with Gasteiger partial charge in [-0.1, -0.05) is 6.42 Å². The van der Waals surface area contributed by atoms with Gasteiger partial charge < -0.3 is 5.73 Å². The van der Waals surface area contributed by atoms with Crippen molar-refractivity contribution in [2.45, 2.75) is 31.7 Å². The van der Waals surface area contributed by atoms with E-state index in [9.17, 15) is 0 Å². The Morgan fingerprint density at radius 2 is 2.07 bits per heavy atom. The lowest BCUT2D eigenvalue weighted by Gasteiger charge is -2.25. The van der Waals surface area contributed by atoms with E-state index >= 15 is 0 Å². The van der Waals surface area contributed by atoms with E-state index in [4.69, 9.17) is 5.73 Å². The van der Waals surface area contributed by atoms with Crippen molar-refractivity contribution in [3.63, 3.8) is 0 Å². The van der Waals surface area contributed by atoms with Crippen LogP contribution in [0.2, 0.25) is 0 Å². The van der Waals surface area contributed by atoms with Gasteiger partial charge in [0.15, 0.2) is 0 Å². The molecule has 80 valence electrons. The van der Waals surface area contributed by atoms with Gasteiger partial charge in [-0.2, -0.15) is 0 Å². The third kappa shape index (κ3) is 2.84. The Morgan fingerprint density at radius 3 is 2.57 bits per heavy atom. The van der Waals surface area contributed by atoms with Crippen LogP contribution in [0.4, 0.5) is 0 Å². The molecule has 1 aromatic rings. The van der Waals surface area contributed by atoms with Crippen LogP contribution in [0.3, 0.4) is 0 Å². The maximum atomic E-state index is 5.52. The van der Waals surface area contributed by atoms with Crippen molar-refractivity contribution in [1.82, 2.24) is 4.98 Å². The highest BCUT2D eigenvalue weighted by Gasteiger charge is 2.19. The largest absolute Gasteiger partial charge is 0.325 e. The lowest BCUT2D eigenvalue weighted by Crippen LogP contribution is -2.10. The predicted octanol–water partition coefficient (Wildman–Crippen LogP) is 2.65.